The monoisotopic (exact) mass is 854 g/mol. The molecule has 12 heteroatoms. The van der Waals surface area contributed by atoms with Gasteiger partial charge < -0.3 is 25.2 Å². The lowest BCUT2D eigenvalue weighted by Gasteiger charge is -2.20. The molecule has 59 heavy (non-hydrogen) atoms. The van der Waals surface area contributed by atoms with Gasteiger partial charge in [0, 0.05) is 12.8 Å². The minimum absolute atomic E-state index is 0.0860. The largest absolute Gasteiger partial charge is 0.480 e. The Kier molecular flexibility index (Phi) is 40.3. The first-order valence-corrected chi connectivity index (χ1v) is 24.7. The number of carboxylic acids is 1. The Bertz CT molecular complexity index is 1190. The maximum Gasteiger partial charge on any atom is 0.472 e. The first kappa shape index (κ1) is 56.4. The van der Waals surface area contributed by atoms with Crippen molar-refractivity contribution in [3.05, 3.63) is 48.6 Å². The molecule has 1 unspecified atom stereocenters. The fourth-order valence-corrected chi connectivity index (χ4v) is 6.95. The molecule has 0 spiro atoms. The second-order valence-corrected chi connectivity index (χ2v) is 17.0. The maximum atomic E-state index is 12.6. The number of phosphoric ester groups is 1. The van der Waals surface area contributed by atoms with Gasteiger partial charge in [0.2, 0.25) is 0 Å². The Balaban J connectivity index is 4.42. The van der Waals surface area contributed by atoms with Crippen LogP contribution >= 0.6 is 7.82 Å². The fourth-order valence-electron chi connectivity index (χ4n) is 6.18. The number of hydrogen-bond donors (Lipinski definition) is 3. The van der Waals surface area contributed by atoms with E-state index in [4.69, 9.17) is 24.8 Å². The van der Waals surface area contributed by atoms with Gasteiger partial charge in [-0.2, -0.15) is 0 Å². The first-order chi connectivity index (χ1) is 28.6. The third-order valence-corrected chi connectivity index (χ3v) is 10.8. The minimum atomic E-state index is -4.73. The van der Waals surface area contributed by atoms with Gasteiger partial charge in [-0.15, -0.1) is 0 Å². The van der Waals surface area contributed by atoms with Crippen molar-refractivity contribution in [2.75, 3.05) is 19.8 Å². The number of carbonyl (C=O) groups excluding carboxylic acids is 2. The Morgan fingerprint density at radius 2 is 0.915 bits per heavy atom. The van der Waals surface area contributed by atoms with Crippen molar-refractivity contribution < 1.29 is 47.5 Å². The molecule has 0 saturated carbocycles. The molecule has 11 nitrogen and oxygen atoms in total. The van der Waals surface area contributed by atoms with Crippen molar-refractivity contribution in [3.63, 3.8) is 0 Å². The van der Waals surface area contributed by atoms with E-state index >= 15 is 0 Å². The molecule has 0 aromatic heterocycles. The van der Waals surface area contributed by atoms with Crippen molar-refractivity contribution in [1.82, 2.24) is 0 Å². The number of carbonyl (C=O) groups is 3. The van der Waals surface area contributed by atoms with Crippen LogP contribution in [0.5, 0.6) is 0 Å². The van der Waals surface area contributed by atoms with E-state index < -0.39 is 51.1 Å². The highest BCUT2D eigenvalue weighted by Gasteiger charge is 2.28. The van der Waals surface area contributed by atoms with Gasteiger partial charge in [0.05, 0.1) is 13.2 Å². The molecule has 342 valence electrons. The van der Waals surface area contributed by atoms with Gasteiger partial charge >= 0.3 is 25.7 Å². The van der Waals surface area contributed by atoms with Gasteiger partial charge in [0.25, 0.3) is 0 Å². The van der Waals surface area contributed by atoms with E-state index in [-0.39, 0.29) is 19.4 Å². The van der Waals surface area contributed by atoms with Gasteiger partial charge in [0.1, 0.15) is 12.6 Å². The fraction of sp³-hybridized carbons (Fsp3) is 0.766. The zero-order valence-corrected chi connectivity index (χ0v) is 38.0. The Labute approximate surface area is 358 Å². The number of ether oxygens (including phenoxy) is 2. The Morgan fingerprint density at radius 1 is 0.525 bits per heavy atom. The van der Waals surface area contributed by atoms with Crippen LogP contribution in [-0.4, -0.2) is 59.9 Å². The molecule has 0 rings (SSSR count). The molecule has 0 heterocycles. The third kappa shape index (κ3) is 41.9. The number of carboxylic acid groups (broad SMARTS) is 1. The lowest BCUT2D eigenvalue weighted by atomic mass is 10.0. The number of nitrogens with two attached hydrogens (primary N) is 1. The molecule has 0 aliphatic heterocycles. The summed E-state index contributed by atoms with van der Waals surface area (Å²) < 4.78 is 32.7. The topological polar surface area (TPSA) is 172 Å². The van der Waals surface area contributed by atoms with Crippen LogP contribution in [0, 0.1) is 0 Å². The first-order valence-electron chi connectivity index (χ1n) is 23.2. The van der Waals surface area contributed by atoms with Crippen LogP contribution in [0.4, 0.5) is 0 Å². The van der Waals surface area contributed by atoms with Crippen molar-refractivity contribution in [2.24, 2.45) is 5.73 Å². The average molecular weight is 854 g/mol. The molecule has 4 N–H and O–H groups in total. The van der Waals surface area contributed by atoms with Crippen molar-refractivity contribution >= 4 is 25.7 Å². The molecule has 0 aliphatic carbocycles. The van der Waals surface area contributed by atoms with Gasteiger partial charge in [-0.05, 0) is 51.4 Å². The molecular weight excluding hydrogens is 769 g/mol. The van der Waals surface area contributed by atoms with Crippen LogP contribution in [0.2, 0.25) is 0 Å². The number of rotatable bonds is 43. The molecule has 0 saturated heterocycles. The molecule has 0 radical (unpaired) electrons. The van der Waals surface area contributed by atoms with Gasteiger partial charge in [-0.25, -0.2) is 4.57 Å². The molecule has 3 atom stereocenters. The highest BCUT2D eigenvalue weighted by Crippen LogP contribution is 2.43. The SMILES string of the molecule is CCCCCCCCC/C=C/C/C=C/C/C=C/C/C=C/CCCC(=O)O[C@@H](COC(=O)CCCCCCCCCCCCCCCC)COP(=O)(O)OC[C@H](N)C(=O)O. The highest BCUT2D eigenvalue weighted by atomic mass is 31.2. The molecule has 0 aromatic carbocycles. The van der Waals surface area contributed by atoms with Crippen molar-refractivity contribution in [1.29, 1.82) is 0 Å². The average Bonchev–Trinajstić information content (AvgIpc) is 3.21. The smallest absolute Gasteiger partial charge is 0.472 e. The number of phosphoric acid groups is 1. The summed E-state index contributed by atoms with van der Waals surface area (Å²) in [6.07, 6.45) is 47.6. The van der Waals surface area contributed by atoms with Crippen LogP contribution in [0.3, 0.4) is 0 Å². The Hall–Kier alpha value is -2.56. The van der Waals surface area contributed by atoms with Crippen LogP contribution < -0.4 is 5.73 Å². The Morgan fingerprint density at radius 3 is 1.39 bits per heavy atom. The summed E-state index contributed by atoms with van der Waals surface area (Å²) in [7, 11) is -4.73. The predicted molar refractivity (Wildman–Crippen MR) is 240 cm³/mol. The molecule has 0 amide bonds. The van der Waals surface area contributed by atoms with Crippen LogP contribution in [0.1, 0.15) is 200 Å². The summed E-state index contributed by atoms with van der Waals surface area (Å²) in [6.45, 7) is 2.76. The van der Waals surface area contributed by atoms with Crippen LogP contribution in [-0.2, 0) is 37.5 Å². The standard InChI is InChI=1S/C47H84NO10P/c1-3-5-7-9-11-13-15-17-19-20-21-22-23-24-25-27-29-31-33-35-37-39-46(50)58-43(41-56-59(53,54)57-42-44(48)47(51)52)40-55-45(49)38-36-34-32-30-28-26-18-16-14-12-10-8-6-4-2/h19-20,22-23,25,27,31,33,43-44H,3-18,21,24,26,28-30,32,34-42,48H2,1-2H3,(H,51,52)(H,53,54)/b20-19+,23-22+,27-25+,33-31+/t43-,44-/m0/s1. The van der Waals surface area contributed by atoms with Crippen molar-refractivity contribution in [2.45, 2.75) is 212 Å². The van der Waals surface area contributed by atoms with Crippen molar-refractivity contribution in [3.8, 4) is 0 Å². The van der Waals surface area contributed by atoms with Gasteiger partial charge in [-0.1, -0.05) is 184 Å². The second-order valence-electron chi connectivity index (χ2n) is 15.5. The minimum Gasteiger partial charge on any atom is -0.480 e. The van der Waals surface area contributed by atoms with Crippen LogP contribution in [0.15, 0.2) is 48.6 Å². The van der Waals surface area contributed by atoms with Gasteiger partial charge in [-0.3, -0.25) is 23.4 Å². The van der Waals surface area contributed by atoms with Gasteiger partial charge in [0.15, 0.2) is 6.10 Å². The summed E-state index contributed by atoms with van der Waals surface area (Å²) in [5, 5.41) is 8.89. The van der Waals surface area contributed by atoms with E-state index in [0.29, 0.717) is 19.3 Å². The van der Waals surface area contributed by atoms with E-state index in [9.17, 15) is 23.8 Å². The molecular formula is C47H84NO10P. The third-order valence-electron chi connectivity index (χ3n) is 9.83. The molecule has 0 fully saturated rings. The zero-order valence-electron chi connectivity index (χ0n) is 37.1. The predicted octanol–water partition coefficient (Wildman–Crippen LogP) is 12.6. The molecule has 0 bridgehead atoms. The number of allylic oxidation sites excluding steroid dienone is 8. The summed E-state index contributed by atoms with van der Waals surface area (Å²) in [5.74, 6) is -2.45. The number of esters is 2. The highest BCUT2D eigenvalue weighted by molar-refractivity contribution is 7.47. The number of hydrogen-bond acceptors (Lipinski definition) is 9. The summed E-state index contributed by atoms with van der Waals surface area (Å²) in [5.41, 5.74) is 5.33. The lowest BCUT2D eigenvalue weighted by molar-refractivity contribution is -0.161. The second kappa shape index (κ2) is 42.1. The summed E-state index contributed by atoms with van der Waals surface area (Å²) in [6, 6.07) is -1.53. The van der Waals surface area contributed by atoms with E-state index in [2.05, 4.69) is 54.8 Å². The number of unbranched alkanes of at least 4 members (excludes halogenated alkanes) is 21. The lowest BCUT2D eigenvalue weighted by Crippen LogP contribution is -2.34. The van der Waals surface area contributed by atoms with E-state index in [0.717, 1.165) is 38.5 Å². The number of aliphatic carboxylic acids is 1. The van der Waals surface area contributed by atoms with Crippen LogP contribution in [0.25, 0.3) is 0 Å². The van der Waals surface area contributed by atoms with E-state index in [1.165, 1.54) is 116 Å². The summed E-state index contributed by atoms with van der Waals surface area (Å²) >= 11 is 0. The van der Waals surface area contributed by atoms with E-state index in [1.807, 2.05) is 12.2 Å². The molecule has 0 aromatic rings. The normalized spacial score (nSPS) is 14.1. The quantitative estimate of drug-likeness (QED) is 0.0231. The van der Waals surface area contributed by atoms with E-state index in [1.54, 1.807) is 0 Å². The molecule has 0 aliphatic rings. The maximum absolute atomic E-state index is 12.6. The summed E-state index contributed by atoms with van der Waals surface area (Å²) in [4.78, 5) is 46.0. The zero-order chi connectivity index (χ0) is 43.5.